The van der Waals surface area contributed by atoms with Crippen molar-refractivity contribution in [3.8, 4) is 5.88 Å². The second-order valence-corrected chi connectivity index (χ2v) is 7.64. The van der Waals surface area contributed by atoms with Crippen LogP contribution in [0.25, 0.3) is 0 Å². The van der Waals surface area contributed by atoms with E-state index < -0.39 is 0 Å². The molecule has 1 aliphatic heterocycles. The summed E-state index contributed by atoms with van der Waals surface area (Å²) in [4.78, 5) is 30.4. The molecule has 0 radical (unpaired) electrons. The summed E-state index contributed by atoms with van der Waals surface area (Å²) in [6, 6.07) is 3.51. The van der Waals surface area contributed by atoms with Gasteiger partial charge in [0.25, 0.3) is 5.91 Å². The molecule has 0 N–H and O–H groups in total. The van der Waals surface area contributed by atoms with Crippen molar-refractivity contribution in [1.82, 2.24) is 19.9 Å². The van der Waals surface area contributed by atoms with E-state index in [1.807, 2.05) is 30.1 Å². The Kier molecular flexibility index (Phi) is 4.45. The van der Waals surface area contributed by atoms with Gasteiger partial charge in [-0.15, -0.1) is 0 Å². The number of ether oxygens (including phenoxy) is 1. The zero-order valence-electron chi connectivity index (χ0n) is 16.1. The number of piperidine rings is 1. The topological polar surface area (TPSA) is 71.5 Å². The molecular formula is C20H25N5O2. The summed E-state index contributed by atoms with van der Waals surface area (Å²) in [5.74, 6) is 1.27. The number of aryl methyl sites for hydroxylation is 1. The van der Waals surface area contributed by atoms with Crippen LogP contribution in [0, 0.1) is 0 Å². The lowest BCUT2D eigenvalue weighted by Crippen LogP contribution is -2.48. The first-order chi connectivity index (χ1) is 13.0. The molecule has 2 aromatic rings. The Morgan fingerprint density at radius 3 is 2.78 bits per heavy atom. The first-order valence-electron chi connectivity index (χ1n) is 9.35. The van der Waals surface area contributed by atoms with Gasteiger partial charge in [0.1, 0.15) is 0 Å². The Bertz CT molecular complexity index is 848. The van der Waals surface area contributed by atoms with Gasteiger partial charge in [0.2, 0.25) is 11.8 Å². The molecule has 2 aromatic heterocycles. The van der Waals surface area contributed by atoms with Crippen molar-refractivity contribution in [3.05, 3.63) is 41.3 Å². The SMILES string of the molecule is COc1ccc(C(=O)N2CCCC3(CCc4cnc(N(C)C)nc43)C2)cn1. The van der Waals surface area contributed by atoms with Gasteiger partial charge >= 0.3 is 0 Å². The first-order valence-corrected chi connectivity index (χ1v) is 9.35. The van der Waals surface area contributed by atoms with Crippen molar-refractivity contribution in [2.75, 3.05) is 39.2 Å². The van der Waals surface area contributed by atoms with E-state index in [4.69, 9.17) is 9.72 Å². The average Bonchev–Trinajstić information content (AvgIpc) is 3.04. The molecule has 27 heavy (non-hydrogen) atoms. The standard InChI is InChI=1S/C20H25N5O2/c1-24(2)19-22-11-14-7-9-20(17(14)23-19)8-4-10-25(13-20)18(26)15-5-6-16(27-3)21-12-15/h5-6,11-12H,4,7-10,13H2,1-3H3. The van der Waals surface area contributed by atoms with Crippen molar-refractivity contribution in [2.24, 2.45) is 0 Å². The minimum absolute atomic E-state index is 0.0274. The van der Waals surface area contributed by atoms with E-state index in [1.165, 1.54) is 5.56 Å². The van der Waals surface area contributed by atoms with Gasteiger partial charge in [-0.2, -0.15) is 0 Å². The zero-order valence-corrected chi connectivity index (χ0v) is 16.1. The number of hydrogen-bond donors (Lipinski definition) is 0. The molecule has 142 valence electrons. The van der Waals surface area contributed by atoms with Gasteiger partial charge in [-0.3, -0.25) is 4.79 Å². The van der Waals surface area contributed by atoms with E-state index in [0.717, 1.165) is 43.9 Å². The van der Waals surface area contributed by atoms with E-state index in [9.17, 15) is 4.79 Å². The number of fused-ring (bicyclic) bond motifs is 2. The summed E-state index contributed by atoms with van der Waals surface area (Å²) < 4.78 is 5.09. The van der Waals surface area contributed by atoms with Crippen LogP contribution in [0.3, 0.4) is 0 Å². The number of anilines is 1. The summed E-state index contributed by atoms with van der Waals surface area (Å²) in [7, 11) is 5.48. The monoisotopic (exact) mass is 367 g/mol. The van der Waals surface area contributed by atoms with Crippen LogP contribution in [-0.2, 0) is 11.8 Å². The minimum atomic E-state index is -0.0587. The number of carbonyl (C=O) groups excluding carboxylic acids is 1. The van der Waals surface area contributed by atoms with Crippen LogP contribution in [-0.4, -0.2) is 60.1 Å². The number of methoxy groups -OCH3 is 1. The lowest BCUT2D eigenvalue weighted by Gasteiger charge is -2.40. The molecule has 1 fully saturated rings. The van der Waals surface area contributed by atoms with Crippen LogP contribution in [0.2, 0.25) is 0 Å². The molecule has 0 aromatic carbocycles. The number of rotatable bonds is 3. The quantitative estimate of drug-likeness (QED) is 0.827. The van der Waals surface area contributed by atoms with Gasteiger partial charge in [-0.05, 0) is 37.3 Å². The molecule has 7 nitrogen and oxygen atoms in total. The van der Waals surface area contributed by atoms with E-state index in [2.05, 4.69) is 9.97 Å². The molecule has 0 bridgehead atoms. The maximum absolute atomic E-state index is 13.0. The molecule has 1 aliphatic carbocycles. The summed E-state index contributed by atoms with van der Waals surface area (Å²) >= 11 is 0. The minimum Gasteiger partial charge on any atom is -0.481 e. The van der Waals surface area contributed by atoms with Gasteiger partial charge in [0.15, 0.2) is 0 Å². The highest BCUT2D eigenvalue weighted by Crippen LogP contribution is 2.44. The summed E-state index contributed by atoms with van der Waals surface area (Å²) in [6.45, 7) is 1.47. The molecule has 1 atom stereocenters. The van der Waals surface area contributed by atoms with Crippen LogP contribution in [0.1, 0.15) is 40.9 Å². The van der Waals surface area contributed by atoms with Gasteiger partial charge in [0, 0.05) is 51.1 Å². The van der Waals surface area contributed by atoms with Crippen molar-refractivity contribution in [1.29, 1.82) is 0 Å². The normalized spacial score (nSPS) is 21.2. The predicted molar refractivity (Wildman–Crippen MR) is 102 cm³/mol. The highest BCUT2D eigenvalue weighted by atomic mass is 16.5. The third kappa shape index (κ3) is 3.11. The van der Waals surface area contributed by atoms with Crippen LogP contribution in [0.15, 0.2) is 24.5 Å². The molecule has 2 aliphatic rings. The Labute approximate surface area is 159 Å². The smallest absolute Gasteiger partial charge is 0.255 e. The Balaban J connectivity index is 1.60. The molecule has 4 rings (SSSR count). The number of nitrogens with zero attached hydrogens (tertiary/aromatic N) is 5. The predicted octanol–water partition coefficient (Wildman–Crippen LogP) is 2.07. The molecule has 1 amide bonds. The van der Waals surface area contributed by atoms with Gasteiger partial charge in [0.05, 0.1) is 18.4 Å². The van der Waals surface area contributed by atoms with Crippen molar-refractivity contribution in [2.45, 2.75) is 31.1 Å². The molecule has 1 spiro atoms. The number of pyridine rings is 1. The summed E-state index contributed by atoms with van der Waals surface area (Å²) in [5, 5.41) is 0. The molecule has 3 heterocycles. The van der Waals surface area contributed by atoms with Crippen LogP contribution < -0.4 is 9.64 Å². The number of aromatic nitrogens is 3. The van der Waals surface area contributed by atoms with E-state index in [1.54, 1.807) is 25.4 Å². The van der Waals surface area contributed by atoms with Crippen molar-refractivity contribution < 1.29 is 9.53 Å². The Morgan fingerprint density at radius 1 is 1.22 bits per heavy atom. The van der Waals surface area contributed by atoms with Gasteiger partial charge in [-0.25, -0.2) is 15.0 Å². The van der Waals surface area contributed by atoms with E-state index in [0.29, 0.717) is 18.0 Å². The summed E-state index contributed by atoms with van der Waals surface area (Å²) in [5.41, 5.74) is 2.90. The molecule has 1 saturated heterocycles. The van der Waals surface area contributed by atoms with Gasteiger partial charge < -0.3 is 14.5 Å². The molecule has 7 heteroatoms. The zero-order chi connectivity index (χ0) is 19.0. The maximum Gasteiger partial charge on any atom is 0.255 e. The summed E-state index contributed by atoms with van der Waals surface area (Å²) in [6.07, 6.45) is 7.61. The lowest BCUT2D eigenvalue weighted by molar-refractivity contribution is 0.0633. The maximum atomic E-state index is 13.0. The fourth-order valence-electron chi connectivity index (χ4n) is 4.26. The third-order valence-electron chi connectivity index (χ3n) is 5.68. The highest BCUT2D eigenvalue weighted by molar-refractivity contribution is 5.94. The van der Waals surface area contributed by atoms with Crippen LogP contribution in [0.4, 0.5) is 5.95 Å². The second kappa shape index (κ2) is 6.79. The Morgan fingerprint density at radius 2 is 2.07 bits per heavy atom. The van der Waals surface area contributed by atoms with E-state index >= 15 is 0 Å². The number of likely N-dealkylation sites (tertiary alicyclic amines) is 1. The van der Waals surface area contributed by atoms with Crippen LogP contribution >= 0.6 is 0 Å². The molecule has 0 saturated carbocycles. The largest absolute Gasteiger partial charge is 0.481 e. The first kappa shape index (κ1) is 17.7. The lowest BCUT2D eigenvalue weighted by atomic mass is 9.77. The van der Waals surface area contributed by atoms with Crippen molar-refractivity contribution >= 4 is 11.9 Å². The average molecular weight is 367 g/mol. The molecular weight excluding hydrogens is 342 g/mol. The third-order valence-corrected chi connectivity index (χ3v) is 5.68. The fraction of sp³-hybridized carbons (Fsp3) is 0.500. The van der Waals surface area contributed by atoms with Crippen LogP contribution in [0.5, 0.6) is 5.88 Å². The second-order valence-electron chi connectivity index (χ2n) is 7.64. The molecule has 1 unspecified atom stereocenters. The Hall–Kier alpha value is -2.70. The number of carbonyl (C=O) groups is 1. The highest BCUT2D eigenvalue weighted by Gasteiger charge is 2.45. The van der Waals surface area contributed by atoms with Gasteiger partial charge in [-0.1, -0.05) is 0 Å². The van der Waals surface area contributed by atoms with Crippen molar-refractivity contribution in [3.63, 3.8) is 0 Å². The van der Waals surface area contributed by atoms with E-state index in [-0.39, 0.29) is 11.3 Å². The number of hydrogen-bond acceptors (Lipinski definition) is 6. The fourth-order valence-corrected chi connectivity index (χ4v) is 4.26. The number of amides is 1.